The maximum atomic E-state index is 5.69. The summed E-state index contributed by atoms with van der Waals surface area (Å²) in [6, 6.07) is 0. The molecule has 1 aromatic rings. The maximum absolute atomic E-state index is 5.69. The SMILES string of the molecule is Cc1nc(Br)nc(Cl)c1Br. The van der Waals surface area contributed by atoms with E-state index in [9.17, 15) is 0 Å². The molecule has 0 aliphatic heterocycles. The van der Waals surface area contributed by atoms with Crippen LogP contribution >= 0.6 is 43.5 Å². The fourth-order valence-corrected chi connectivity index (χ4v) is 1.43. The molecular weight excluding hydrogens is 283 g/mol. The Kier molecular flexibility index (Phi) is 2.66. The summed E-state index contributed by atoms with van der Waals surface area (Å²) in [5.74, 6) is 0. The average Bonchev–Trinajstić information content (AvgIpc) is 1.82. The van der Waals surface area contributed by atoms with Gasteiger partial charge < -0.3 is 0 Å². The molecule has 0 fully saturated rings. The van der Waals surface area contributed by atoms with Crippen LogP contribution in [0.15, 0.2) is 9.21 Å². The van der Waals surface area contributed by atoms with Gasteiger partial charge in [0.05, 0.1) is 10.2 Å². The molecule has 0 spiro atoms. The van der Waals surface area contributed by atoms with Crippen LogP contribution in [-0.2, 0) is 0 Å². The van der Waals surface area contributed by atoms with Crippen LogP contribution in [0.25, 0.3) is 0 Å². The summed E-state index contributed by atoms with van der Waals surface area (Å²) in [6.45, 7) is 1.85. The van der Waals surface area contributed by atoms with Gasteiger partial charge in [0.15, 0.2) is 4.73 Å². The van der Waals surface area contributed by atoms with Crippen LogP contribution in [0.5, 0.6) is 0 Å². The first-order valence-corrected chi connectivity index (χ1v) is 4.43. The lowest BCUT2D eigenvalue weighted by atomic mass is 10.5. The minimum absolute atomic E-state index is 0.430. The van der Waals surface area contributed by atoms with Gasteiger partial charge in [-0.05, 0) is 38.8 Å². The second kappa shape index (κ2) is 3.15. The normalized spacial score (nSPS) is 10.0. The van der Waals surface area contributed by atoms with E-state index in [2.05, 4.69) is 41.8 Å². The first-order valence-electron chi connectivity index (χ1n) is 2.46. The molecule has 0 aromatic carbocycles. The summed E-state index contributed by atoms with van der Waals surface area (Å²) < 4.78 is 1.26. The van der Waals surface area contributed by atoms with Gasteiger partial charge in [0.25, 0.3) is 0 Å². The highest BCUT2D eigenvalue weighted by Gasteiger charge is 2.03. The van der Waals surface area contributed by atoms with Crippen molar-refractivity contribution in [1.29, 1.82) is 0 Å². The van der Waals surface area contributed by atoms with E-state index in [1.165, 1.54) is 0 Å². The van der Waals surface area contributed by atoms with Crippen molar-refractivity contribution in [2.75, 3.05) is 0 Å². The lowest BCUT2D eigenvalue weighted by Crippen LogP contribution is -1.89. The minimum Gasteiger partial charge on any atom is -0.226 e. The van der Waals surface area contributed by atoms with Gasteiger partial charge in [-0.2, -0.15) is 0 Å². The second-order valence-corrected chi connectivity index (χ2v) is 3.54. The molecular formula is C5H3Br2ClN2. The Morgan fingerprint density at radius 1 is 1.30 bits per heavy atom. The van der Waals surface area contributed by atoms with Gasteiger partial charge >= 0.3 is 0 Å². The van der Waals surface area contributed by atoms with Crippen LogP contribution in [0.3, 0.4) is 0 Å². The van der Waals surface area contributed by atoms with E-state index >= 15 is 0 Å². The third kappa shape index (κ3) is 1.68. The molecule has 0 amide bonds. The van der Waals surface area contributed by atoms with Crippen molar-refractivity contribution in [3.8, 4) is 0 Å². The maximum Gasteiger partial charge on any atom is 0.198 e. The van der Waals surface area contributed by atoms with Crippen LogP contribution in [0.1, 0.15) is 5.69 Å². The quantitative estimate of drug-likeness (QED) is 0.541. The summed E-state index contributed by atoms with van der Waals surface area (Å²) >= 11 is 12.0. The smallest absolute Gasteiger partial charge is 0.198 e. The molecule has 0 unspecified atom stereocenters. The van der Waals surface area contributed by atoms with Crippen molar-refractivity contribution in [2.45, 2.75) is 6.92 Å². The van der Waals surface area contributed by atoms with E-state index in [0.717, 1.165) is 10.2 Å². The Morgan fingerprint density at radius 2 is 1.90 bits per heavy atom. The Morgan fingerprint density at radius 3 is 2.40 bits per heavy atom. The molecule has 54 valence electrons. The summed E-state index contributed by atoms with van der Waals surface area (Å²) in [4.78, 5) is 7.87. The van der Waals surface area contributed by atoms with E-state index < -0.39 is 0 Å². The van der Waals surface area contributed by atoms with Gasteiger partial charge in [-0.3, -0.25) is 0 Å². The minimum atomic E-state index is 0.430. The highest BCUT2D eigenvalue weighted by molar-refractivity contribution is 9.11. The first kappa shape index (κ1) is 8.43. The molecule has 0 bridgehead atoms. The number of hydrogen-bond acceptors (Lipinski definition) is 2. The number of rotatable bonds is 0. The fraction of sp³-hybridized carbons (Fsp3) is 0.200. The number of nitrogens with zero attached hydrogens (tertiary/aromatic N) is 2. The highest BCUT2D eigenvalue weighted by Crippen LogP contribution is 2.23. The van der Waals surface area contributed by atoms with Crippen molar-refractivity contribution in [3.63, 3.8) is 0 Å². The Labute approximate surface area is 80.3 Å². The fourth-order valence-electron chi connectivity index (χ4n) is 0.492. The number of hydrogen-bond donors (Lipinski definition) is 0. The number of aryl methyl sites for hydroxylation is 1. The van der Waals surface area contributed by atoms with Gasteiger partial charge in [-0.1, -0.05) is 11.6 Å². The van der Waals surface area contributed by atoms with Gasteiger partial charge in [0.2, 0.25) is 0 Å². The largest absolute Gasteiger partial charge is 0.226 e. The first-order chi connectivity index (χ1) is 4.61. The van der Waals surface area contributed by atoms with Gasteiger partial charge in [0, 0.05) is 0 Å². The molecule has 5 heteroatoms. The zero-order valence-corrected chi connectivity index (χ0v) is 8.96. The van der Waals surface area contributed by atoms with Crippen molar-refractivity contribution in [3.05, 3.63) is 20.1 Å². The lowest BCUT2D eigenvalue weighted by Gasteiger charge is -1.98. The summed E-state index contributed by atoms with van der Waals surface area (Å²) in [6.07, 6.45) is 0. The number of aromatic nitrogens is 2. The molecule has 1 heterocycles. The number of halogens is 3. The predicted molar refractivity (Wildman–Crippen MR) is 47.2 cm³/mol. The molecule has 10 heavy (non-hydrogen) atoms. The van der Waals surface area contributed by atoms with Gasteiger partial charge in [-0.25, -0.2) is 9.97 Å². The third-order valence-electron chi connectivity index (χ3n) is 0.949. The van der Waals surface area contributed by atoms with Crippen molar-refractivity contribution < 1.29 is 0 Å². The topological polar surface area (TPSA) is 25.8 Å². The molecule has 1 aromatic heterocycles. The molecule has 0 aliphatic rings. The monoisotopic (exact) mass is 284 g/mol. The molecule has 2 nitrogen and oxygen atoms in total. The second-order valence-electron chi connectivity index (χ2n) is 1.68. The molecule has 0 saturated heterocycles. The standard InChI is InChI=1S/C5H3Br2ClN2/c1-2-3(6)4(8)10-5(7)9-2/h1H3. The Bertz CT molecular complexity index is 241. The van der Waals surface area contributed by atoms with E-state index in [-0.39, 0.29) is 0 Å². The molecule has 0 radical (unpaired) electrons. The Balaban J connectivity index is 3.31. The zero-order chi connectivity index (χ0) is 7.72. The van der Waals surface area contributed by atoms with Crippen molar-refractivity contribution in [1.82, 2.24) is 9.97 Å². The summed E-state index contributed by atoms with van der Waals surface area (Å²) in [7, 11) is 0. The van der Waals surface area contributed by atoms with Crippen LogP contribution in [0, 0.1) is 6.92 Å². The molecule has 0 saturated carbocycles. The average molecular weight is 286 g/mol. The van der Waals surface area contributed by atoms with Crippen LogP contribution in [0.4, 0.5) is 0 Å². The predicted octanol–water partition coefficient (Wildman–Crippen LogP) is 2.96. The van der Waals surface area contributed by atoms with E-state index in [1.54, 1.807) is 0 Å². The van der Waals surface area contributed by atoms with E-state index in [4.69, 9.17) is 11.6 Å². The van der Waals surface area contributed by atoms with E-state index in [0.29, 0.717) is 9.89 Å². The van der Waals surface area contributed by atoms with Gasteiger partial charge in [-0.15, -0.1) is 0 Å². The molecule has 0 atom stereocenters. The third-order valence-corrected chi connectivity index (χ3v) is 2.75. The Hall–Kier alpha value is 0.330. The van der Waals surface area contributed by atoms with Crippen LogP contribution in [-0.4, -0.2) is 9.97 Å². The molecule has 0 N–H and O–H groups in total. The molecule has 1 rings (SSSR count). The van der Waals surface area contributed by atoms with Gasteiger partial charge in [0.1, 0.15) is 5.15 Å². The zero-order valence-electron chi connectivity index (χ0n) is 5.03. The highest BCUT2D eigenvalue weighted by atomic mass is 79.9. The van der Waals surface area contributed by atoms with Crippen molar-refractivity contribution >= 4 is 43.5 Å². The van der Waals surface area contributed by atoms with E-state index in [1.807, 2.05) is 6.92 Å². The van der Waals surface area contributed by atoms with Crippen LogP contribution < -0.4 is 0 Å². The summed E-state index contributed by atoms with van der Waals surface area (Å²) in [5.41, 5.74) is 0.826. The molecule has 0 aliphatic carbocycles. The summed E-state index contributed by atoms with van der Waals surface area (Å²) in [5, 5.41) is 0.430. The lowest BCUT2D eigenvalue weighted by molar-refractivity contribution is 1.04. The van der Waals surface area contributed by atoms with Crippen molar-refractivity contribution in [2.24, 2.45) is 0 Å². The van der Waals surface area contributed by atoms with Crippen LogP contribution in [0.2, 0.25) is 5.15 Å².